The topological polar surface area (TPSA) is 87.4 Å². The van der Waals surface area contributed by atoms with Gasteiger partial charge in [-0.3, -0.25) is 14.2 Å². The van der Waals surface area contributed by atoms with Gasteiger partial charge >= 0.3 is 5.97 Å². The molecule has 0 aliphatic heterocycles. The van der Waals surface area contributed by atoms with Crippen LogP contribution in [0, 0.1) is 0 Å². The molecule has 0 radical (unpaired) electrons. The highest BCUT2D eigenvalue weighted by atomic mass is 17.2. The smallest absolute Gasteiger partial charge is 0.352 e. The average molecular weight is 585 g/mol. The van der Waals surface area contributed by atoms with Crippen LogP contribution in [0.15, 0.2) is 133 Å². The maximum atomic E-state index is 13.1. The molecule has 0 spiro atoms. The first-order valence-corrected chi connectivity index (χ1v) is 14.4. The van der Waals surface area contributed by atoms with Crippen molar-refractivity contribution < 1.29 is 14.6 Å². The van der Waals surface area contributed by atoms with Gasteiger partial charge in [-0.05, 0) is 41.3 Å². The van der Waals surface area contributed by atoms with E-state index in [0.29, 0.717) is 23.4 Å². The number of benzene rings is 4. The maximum absolute atomic E-state index is 13.1. The minimum atomic E-state index is -0.814. The van der Waals surface area contributed by atoms with E-state index < -0.39 is 16.9 Å². The fourth-order valence-corrected chi connectivity index (χ4v) is 5.78. The highest BCUT2D eigenvalue weighted by Gasteiger charge is 2.39. The highest BCUT2D eigenvalue weighted by Crippen LogP contribution is 2.42. The van der Waals surface area contributed by atoms with Gasteiger partial charge in [0.15, 0.2) is 0 Å². The lowest BCUT2D eigenvalue weighted by Gasteiger charge is -2.38. The molecule has 0 saturated heterocycles. The number of pyridine rings is 1. The van der Waals surface area contributed by atoms with E-state index in [2.05, 4.69) is 82.7 Å². The Morgan fingerprint density at radius 1 is 0.864 bits per heavy atom. The molecule has 0 unspecified atom stereocenters. The summed E-state index contributed by atoms with van der Waals surface area (Å²) in [6.45, 7) is 2.33. The Morgan fingerprint density at radius 2 is 1.45 bits per heavy atom. The molecular weight excluding hydrogens is 552 g/mol. The number of hydrogen-bond acceptors (Lipinski definition) is 6. The second-order valence-electron chi connectivity index (χ2n) is 10.4. The molecule has 0 atom stereocenters. The minimum Gasteiger partial charge on any atom is -0.352 e. The van der Waals surface area contributed by atoms with Gasteiger partial charge in [0.25, 0.3) is 0 Å². The Balaban J connectivity index is 1.40. The van der Waals surface area contributed by atoms with Gasteiger partial charge in [-0.15, -0.1) is 0 Å². The number of nitrogens with one attached hydrogen (secondary N) is 1. The molecular formula is C36H32N4O4. The molecule has 220 valence electrons. The van der Waals surface area contributed by atoms with Crippen LogP contribution in [0.1, 0.15) is 39.5 Å². The molecule has 0 aliphatic carbocycles. The molecule has 0 amide bonds. The maximum Gasteiger partial charge on any atom is 0.378 e. The zero-order valence-electron chi connectivity index (χ0n) is 24.5. The van der Waals surface area contributed by atoms with E-state index in [9.17, 15) is 9.59 Å². The molecule has 44 heavy (non-hydrogen) atoms. The van der Waals surface area contributed by atoms with Crippen LogP contribution in [0.5, 0.6) is 0 Å². The van der Waals surface area contributed by atoms with Gasteiger partial charge in [-0.2, -0.15) is 4.89 Å². The van der Waals surface area contributed by atoms with Crippen LogP contribution in [0.25, 0.3) is 10.9 Å². The number of anilines is 1. The third-order valence-corrected chi connectivity index (χ3v) is 7.75. The van der Waals surface area contributed by atoms with Crippen molar-refractivity contribution in [1.82, 2.24) is 14.1 Å². The van der Waals surface area contributed by atoms with Crippen LogP contribution in [0.3, 0.4) is 0 Å². The number of carbonyl (C=O) groups is 1. The normalized spacial score (nSPS) is 11.4. The SMILES string of the molecule is CCOOC(=O)c1cn(C)c2cc(CNc3nccn3C(c3ccccc3)(c3ccccc3)c3ccccc3)ccc2c1=O. The van der Waals surface area contributed by atoms with Gasteiger partial charge in [-0.25, -0.2) is 9.78 Å². The summed E-state index contributed by atoms with van der Waals surface area (Å²) in [7, 11) is 1.79. The molecule has 4 aromatic carbocycles. The van der Waals surface area contributed by atoms with Gasteiger partial charge in [0.2, 0.25) is 11.4 Å². The molecule has 8 nitrogen and oxygen atoms in total. The lowest BCUT2D eigenvalue weighted by atomic mass is 9.76. The predicted octanol–water partition coefficient (Wildman–Crippen LogP) is 6.30. The van der Waals surface area contributed by atoms with Crippen molar-refractivity contribution in [2.24, 2.45) is 7.05 Å². The van der Waals surface area contributed by atoms with E-state index in [1.165, 1.54) is 6.20 Å². The zero-order valence-corrected chi connectivity index (χ0v) is 24.5. The van der Waals surface area contributed by atoms with Crippen LogP contribution in [-0.4, -0.2) is 26.7 Å². The van der Waals surface area contributed by atoms with Crippen molar-refractivity contribution >= 4 is 22.8 Å². The monoisotopic (exact) mass is 584 g/mol. The zero-order chi connectivity index (χ0) is 30.5. The Bertz CT molecular complexity index is 1850. The molecule has 8 heteroatoms. The number of aryl methyl sites for hydroxylation is 1. The number of rotatable bonds is 10. The van der Waals surface area contributed by atoms with E-state index in [4.69, 9.17) is 14.8 Å². The summed E-state index contributed by atoms with van der Waals surface area (Å²) < 4.78 is 3.93. The van der Waals surface area contributed by atoms with Crippen molar-refractivity contribution in [2.75, 3.05) is 11.9 Å². The van der Waals surface area contributed by atoms with Gasteiger partial charge in [0.05, 0.1) is 12.1 Å². The highest BCUT2D eigenvalue weighted by molar-refractivity contribution is 5.93. The van der Waals surface area contributed by atoms with Crippen LogP contribution in [0.2, 0.25) is 0 Å². The fraction of sp³-hybridized carbons (Fsp3) is 0.139. The van der Waals surface area contributed by atoms with Crippen molar-refractivity contribution in [3.63, 3.8) is 0 Å². The summed E-state index contributed by atoms with van der Waals surface area (Å²) in [4.78, 5) is 39.7. The number of carbonyl (C=O) groups excluding carboxylic acids is 1. The third kappa shape index (κ3) is 5.16. The van der Waals surface area contributed by atoms with Gasteiger partial charge in [-0.1, -0.05) is 97.1 Å². The van der Waals surface area contributed by atoms with Crippen LogP contribution in [0.4, 0.5) is 5.95 Å². The first-order valence-electron chi connectivity index (χ1n) is 14.4. The lowest BCUT2D eigenvalue weighted by Crippen LogP contribution is -2.38. The Kier molecular flexibility index (Phi) is 8.08. The Hall–Kier alpha value is -5.47. The minimum absolute atomic E-state index is 0.0829. The second-order valence-corrected chi connectivity index (χ2v) is 10.4. The molecule has 6 rings (SSSR count). The molecule has 1 N–H and O–H groups in total. The second kappa shape index (κ2) is 12.4. The molecule has 2 heterocycles. The van der Waals surface area contributed by atoms with Crippen molar-refractivity contribution in [2.45, 2.75) is 19.0 Å². The Morgan fingerprint density at radius 3 is 2.02 bits per heavy atom. The van der Waals surface area contributed by atoms with Gasteiger partial charge in [0, 0.05) is 37.6 Å². The molecule has 0 aliphatic rings. The largest absolute Gasteiger partial charge is 0.378 e. The van der Waals surface area contributed by atoms with E-state index in [1.807, 2.05) is 36.5 Å². The predicted molar refractivity (Wildman–Crippen MR) is 170 cm³/mol. The quantitative estimate of drug-likeness (QED) is 0.116. The van der Waals surface area contributed by atoms with Crippen molar-refractivity contribution in [3.8, 4) is 0 Å². The van der Waals surface area contributed by atoms with Crippen molar-refractivity contribution in [3.05, 3.63) is 166 Å². The molecule has 6 aromatic rings. The number of hydrogen-bond donors (Lipinski definition) is 1. The van der Waals surface area contributed by atoms with Crippen LogP contribution < -0.4 is 10.7 Å². The number of aromatic nitrogens is 3. The summed E-state index contributed by atoms with van der Waals surface area (Å²) in [5.41, 5.74) is 3.72. The molecule has 2 aromatic heterocycles. The number of nitrogens with zero attached hydrogens (tertiary/aromatic N) is 3. The van der Waals surface area contributed by atoms with Crippen LogP contribution >= 0.6 is 0 Å². The van der Waals surface area contributed by atoms with Crippen molar-refractivity contribution in [1.29, 1.82) is 0 Å². The van der Waals surface area contributed by atoms with E-state index in [0.717, 1.165) is 22.3 Å². The molecule has 0 bridgehead atoms. The van der Waals surface area contributed by atoms with E-state index >= 15 is 0 Å². The third-order valence-electron chi connectivity index (χ3n) is 7.75. The average Bonchev–Trinajstić information content (AvgIpc) is 3.55. The molecule has 0 saturated carbocycles. The molecule has 0 fully saturated rings. The van der Waals surface area contributed by atoms with Crippen LogP contribution in [-0.2, 0) is 28.9 Å². The number of imidazole rings is 1. The summed E-state index contributed by atoms with van der Waals surface area (Å²) in [6, 6.07) is 36.8. The fourth-order valence-electron chi connectivity index (χ4n) is 5.78. The first-order chi connectivity index (χ1) is 21.5. The first kappa shape index (κ1) is 28.6. The summed E-state index contributed by atoms with van der Waals surface area (Å²) in [5, 5.41) is 3.97. The van der Waals surface area contributed by atoms with E-state index in [1.54, 1.807) is 30.8 Å². The lowest BCUT2D eigenvalue weighted by molar-refractivity contribution is -0.237. The summed E-state index contributed by atoms with van der Waals surface area (Å²) in [5.74, 6) is -0.129. The summed E-state index contributed by atoms with van der Waals surface area (Å²) >= 11 is 0. The van der Waals surface area contributed by atoms with E-state index in [-0.39, 0.29) is 12.2 Å². The summed E-state index contributed by atoms with van der Waals surface area (Å²) in [6.07, 6.45) is 5.28. The Labute approximate surface area is 255 Å². The van der Waals surface area contributed by atoms with Gasteiger partial charge < -0.3 is 9.88 Å². The standard InChI is InChI=1S/C36H32N4O4/c1-3-43-44-34(42)31-25-39(2)32-23-26(19-20-30(32)33(31)41)24-38-35-37-21-22-40(35)36(27-13-7-4-8-14-27,28-15-9-5-10-16-28)29-17-11-6-12-18-29/h4-23,25H,3,24H2,1-2H3,(H,37,38). The number of fused-ring (bicyclic) bond motifs is 1. The van der Waals surface area contributed by atoms with Gasteiger partial charge in [0.1, 0.15) is 11.1 Å².